The summed E-state index contributed by atoms with van der Waals surface area (Å²) < 4.78 is 18.8. The van der Waals surface area contributed by atoms with E-state index >= 15 is 0 Å². The molecule has 0 spiro atoms. The number of benzene rings is 2. The van der Waals surface area contributed by atoms with Crippen LogP contribution >= 0.6 is 22.7 Å². The number of anilines is 2. The fourth-order valence-electron chi connectivity index (χ4n) is 2.65. The van der Waals surface area contributed by atoms with Gasteiger partial charge in [-0.25, -0.2) is 9.37 Å². The normalized spacial score (nSPS) is 10.5. The lowest BCUT2D eigenvalue weighted by Gasteiger charge is -2.08. The molecule has 0 bridgehead atoms. The average Bonchev–Trinajstić information content (AvgIpc) is 3.42. The second kappa shape index (κ2) is 9.50. The highest BCUT2D eigenvalue weighted by molar-refractivity contribution is 7.14. The molecule has 2 heterocycles. The SMILES string of the molecule is O=C(Cc1csc(NC(=O)c2cccs2)n1)Nc1ccc(Oc2cccc(F)c2)cc1. The van der Waals surface area contributed by atoms with Crippen LogP contribution in [0.15, 0.2) is 71.4 Å². The monoisotopic (exact) mass is 453 g/mol. The molecule has 2 aromatic carbocycles. The third-order valence-electron chi connectivity index (χ3n) is 4.03. The number of hydrogen-bond acceptors (Lipinski definition) is 6. The summed E-state index contributed by atoms with van der Waals surface area (Å²) in [5, 5.41) is 9.52. The molecule has 4 aromatic rings. The molecule has 0 aliphatic rings. The fraction of sp³-hybridized carbons (Fsp3) is 0.0455. The zero-order valence-corrected chi connectivity index (χ0v) is 17.6. The summed E-state index contributed by atoms with van der Waals surface area (Å²) in [6.07, 6.45) is 0.0763. The van der Waals surface area contributed by atoms with E-state index < -0.39 is 0 Å². The van der Waals surface area contributed by atoms with E-state index in [0.29, 0.717) is 32.9 Å². The van der Waals surface area contributed by atoms with Crippen molar-refractivity contribution in [2.75, 3.05) is 10.6 Å². The Kier molecular flexibility index (Phi) is 6.34. The van der Waals surface area contributed by atoms with E-state index in [9.17, 15) is 14.0 Å². The first kappa shape index (κ1) is 20.7. The molecule has 4 rings (SSSR count). The van der Waals surface area contributed by atoms with Crippen LogP contribution in [0.25, 0.3) is 0 Å². The summed E-state index contributed by atoms with van der Waals surface area (Å²) in [4.78, 5) is 29.3. The maximum absolute atomic E-state index is 13.2. The maximum Gasteiger partial charge on any atom is 0.267 e. The summed E-state index contributed by atoms with van der Waals surface area (Å²) in [5.41, 5.74) is 1.16. The smallest absolute Gasteiger partial charge is 0.267 e. The zero-order valence-electron chi connectivity index (χ0n) is 16.0. The number of rotatable bonds is 7. The van der Waals surface area contributed by atoms with E-state index in [4.69, 9.17) is 4.74 Å². The van der Waals surface area contributed by atoms with Gasteiger partial charge in [-0.1, -0.05) is 12.1 Å². The third-order valence-corrected chi connectivity index (χ3v) is 5.70. The Hall–Kier alpha value is -3.56. The first-order valence-electron chi connectivity index (χ1n) is 9.18. The van der Waals surface area contributed by atoms with E-state index in [1.54, 1.807) is 53.9 Å². The van der Waals surface area contributed by atoms with Crippen molar-refractivity contribution in [3.63, 3.8) is 0 Å². The molecule has 0 radical (unpaired) electrons. The minimum Gasteiger partial charge on any atom is -0.457 e. The molecule has 0 fully saturated rings. The second-order valence-corrected chi connectivity index (χ2v) is 8.19. The fourth-order valence-corrected chi connectivity index (χ4v) is 3.98. The summed E-state index contributed by atoms with van der Waals surface area (Å²) in [7, 11) is 0. The molecule has 2 N–H and O–H groups in total. The van der Waals surface area contributed by atoms with Gasteiger partial charge in [0.25, 0.3) is 5.91 Å². The predicted molar refractivity (Wildman–Crippen MR) is 120 cm³/mol. The molecular weight excluding hydrogens is 437 g/mol. The number of hydrogen-bond donors (Lipinski definition) is 2. The molecule has 0 atom stereocenters. The Morgan fingerprint density at radius 1 is 0.968 bits per heavy atom. The largest absolute Gasteiger partial charge is 0.457 e. The number of nitrogens with zero attached hydrogens (tertiary/aromatic N) is 1. The molecule has 2 aromatic heterocycles. The van der Waals surface area contributed by atoms with Crippen LogP contribution in [0.4, 0.5) is 15.2 Å². The van der Waals surface area contributed by atoms with E-state index in [-0.39, 0.29) is 24.1 Å². The number of carbonyl (C=O) groups excluding carboxylic acids is 2. The van der Waals surface area contributed by atoms with Gasteiger partial charge < -0.3 is 10.1 Å². The average molecular weight is 454 g/mol. The Morgan fingerprint density at radius 3 is 2.55 bits per heavy atom. The minimum atomic E-state index is -0.377. The van der Waals surface area contributed by atoms with Gasteiger partial charge in [-0.3, -0.25) is 14.9 Å². The first-order valence-corrected chi connectivity index (χ1v) is 10.9. The molecule has 0 unspecified atom stereocenters. The van der Waals surface area contributed by atoms with Crippen molar-refractivity contribution in [3.05, 3.63) is 87.8 Å². The van der Waals surface area contributed by atoms with Gasteiger partial charge >= 0.3 is 0 Å². The highest BCUT2D eigenvalue weighted by atomic mass is 32.1. The van der Waals surface area contributed by atoms with Gasteiger partial charge in [0.2, 0.25) is 5.91 Å². The number of aromatic nitrogens is 1. The summed E-state index contributed by atoms with van der Waals surface area (Å²) >= 11 is 2.61. The van der Waals surface area contributed by atoms with E-state index in [2.05, 4.69) is 15.6 Å². The zero-order chi connectivity index (χ0) is 21.6. The molecule has 0 aliphatic heterocycles. The molecular formula is C22H16FN3O3S2. The Morgan fingerprint density at radius 2 is 1.81 bits per heavy atom. The molecule has 156 valence electrons. The van der Waals surface area contributed by atoms with Crippen LogP contribution in [0.2, 0.25) is 0 Å². The maximum atomic E-state index is 13.2. The molecule has 2 amide bonds. The van der Waals surface area contributed by atoms with Gasteiger partial charge in [-0.05, 0) is 47.8 Å². The molecule has 0 saturated heterocycles. The lowest BCUT2D eigenvalue weighted by atomic mass is 10.2. The number of thiazole rings is 1. The highest BCUT2D eigenvalue weighted by Crippen LogP contribution is 2.24. The van der Waals surface area contributed by atoms with E-state index in [1.807, 2.05) is 5.38 Å². The summed E-state index contributed by atoms with van der Waals surface area (Å²) in [6.45, 7) is 0. The number of ether oxygens (including phenoxy) is 1. The van der Waals surface area contributed by atoms with Crippen LogP contribution in [0.5, 0.6) is 11.5 Å². The highest BCUT2D eigenvalue weighted by Gasteiger charge is 2.12. The van der Waals surface area contributed by atoms with Crippen LogP contribution in [0.3, 0.4) is 0 Å². The van der Waals surface area contributed by atoms with E-state index in [0.717, 1.165) is 0 Å². The minimum absolute atomic E-state index is 0.0763. The van der Waals surface area contributed by atoms with Gasteiger partial charge in [-0.15, -0.1) is 22.7 Å². The van der Waals surface area contributed by atoms with Crippen molar-refractivity contribution in [3.8, 4) is 11.5 Å². The molecule has 0 saturated carbocycles. The van der Waals surface area contributed by atoms with Crippen LogP contribution in [0.1, 0.15) is 15.4 Å². The van der Waals surface area contributed by atoms with Crippen molar-refractivity contribution in [1.29, 1.82) is 0 Å². The van der Waals surface area contributed by atoms with Gasteiger partial charge in [0, 0.05) is 17.1 Å². The molecule has 9 heteroatoms. The Labute approximate surface area is 185 Å². The molecule has 0 aliphatic carbocycles. The Bertz CT molecular complexity index is 1190. The number of carbonyl (C=O) groups is 2. The van der Waals surface area contributed by atoms with E-state index in [1.165, 1.54) is 34.8 Å². The van der Waals surface area contributed by atoms with Crippen molar-refractivity contribution in [2.24, 2.45) is 0 Å². The number of nitrogens with one attached hydrogen (secondary N) is 2. The van der Waals surface area contributed by atoms with Crippen molar-refractivity contribution < 1.29 is 18.7 Å². The topological polar surface area (TPSA) is 80.3 Å². The summed E-state index contributed by atoms with van der Waals surface area (Å²) in [6, 6.07) is 16.1. The third kappa shape index (κ3) is 5.74. The standard InChI is InChI=1S/C22H16FN3O3S2/c23-14-3-1-4-18(11-14)29-17-8-6-15(7-9-17)24-20(27)12-16-13-31-22(25-16)26-21(28)19-5-2-10-30-19/h1-11,13H,12H2,(H,24,27)(H,25,26,28). The van der Waals surface area contributed by atoms with Crippen LogP contribution in [-0.2, 0) is 11.2 Å². The van der Waals surface area contributed by atoms with Gasteiger partial charge in [0.1, 0.15) is 17.3 Å². The van der Waals surface area contributed by atoms with Crippen molar-refractivity contribution in [1.82, 2.24) is 4.98 Å². The molecule has 6 nitrogen and oxygen atoms in total. The predicted octanol–water partition coefficient (Wildman–Crippen LogP) is 5.57. The van der Waals surface area contributed by atoms with Gasteiger partial charge in [0.15, 0.2) is 5.13 Å². The Balaban J connectivity index is 1.29. The lowest BCUT2D eigenvalue weighted by molar-refractivity contribution is -0.115. The van der Waals surface area contributed by atoms with Crippen molar-refractivity contribution >= 4 is 45.3 Å². The number of halogens is 1. The van der Waals surface area contributed by atoms with Crippen LogP contribution in [-0.4, -0.2) is 16.8 Å². The molecule has 31 heavy (non-hydrogen) atoms. The van der Waals surface area contributed by atoms with Gasteiger partial charge in [0.05, 0.1) is 17.0 Å². The first-order chi connectivity index (χ1) is 15.0. The second-order valence-electron chi connectivity index (χ2n) is 6.38. The summed E-state index contributed by atoms with van der Waals surface area (Å²) in [5.74, 6) is 0.0790. The van der Waals surface area contributed by atoms with Crippen molar-refractivity contribution in [2.45, 2.75) is 6.42 Å². The van der Waals surface area contributed by atoms with Gasteiger partial charge in [-0.2, -0.15) is 0 Å². The quantitative estimate of drug-likeness (QED) is 0.383. The van der Waals surface area contributed by atoms with Crippen LogP contribution < -0.4 is 15.4 Å². The van der Waals surface area contributed by atoms with Crippen LogP contribution in [0, 0.1) is 5.82 Å². The number of thiophene rings is 1. The lowest BCUT2D eigenvalue weighted by Crippen LogP contribution is -2.15. The number of amides is 2.